The molecule has 2 aromatic carbocycles. The quantitative estimate of drug-likeness (QED) is 0.439. The molecule has 3 aromatic rings. The number of benzene rings is 2. The van der Waals surface area contributed by atoms with Crippen LogP contribution in [-0.4, -0.2) is 34.2 Å². The maximum Gasteiger partial charge on any atom is 0.224 e. The molecular weight excluding hydrogens is 415 g/mol. The second kappa shape index (κ2) is 10.2. The van der Waals surface area contributed by atoms with Gasteiger partial charge in [-0.2, -0.15) is 0 Å². The van der Waals surface area contributed by atoms with Crippen molar-refractivity contribution in [3.05, 3.63) is 83.3 Å². The fourth-order valence-electron chi connectivity index (χ4n) is 4.85. The highest BCUT2D eigenvalue weighted by molar-refractivity contribution is 5.96. The first-order valence-electron chi connectivity index (χ1n) is 11.7. The van der Waals surface area contributed by atoms with Gasteiger partial charge in [-0.05, 0) is 80.5 Å². The summed E-state index contributed by atoms with van der Waals surface area (Å²) in [5, 5.41) is 0. The SMILES string of the molecule is CC(=O)c1cc(-c2ccc(F)cc2)n(CCC(=O)N2CCC(Cc3ccccc3)CC2)c1C. The molecule has 1 aromatic heterocycles. The number of ketones is 1. The molecule has 0 radical (unpaired) electrons. The van der Waals surface area contributed by atoms with Gasteiger partial charge < -0.3 is 9.47 Å². The zero-order valence-corrected chi connectivity index (χ0v) is 19.4. The summed E-state index contributed by atoms with van der Waals surface area (Å²) in [4.78, 5) is 27.1. The Morgan fingerprint density at radius 3 is 2.30 bits per heavy atom. The van der Waals surface area contributed by atoms with Gasteiger partial charge in [0, 0.05) is 43.0 Å². The summed E-state index contributed by atoms with van der Waals surface area (Å²) in [7, 11) is 0. The Morgan fingerprint density at radius 1 is 1.00 bits per heavy atom. The predicted molar refractivity (Wildman–Crippen MR) is 129 cm³/mol. The van der Waals surface area contributed by atoms with E-state index in [4.69, 9.17) is 0 Å². The Hall–Kier alpha value is -3.21. The van der Waals surface area contributed by atoms with E-state index >= 15 is 0 Å². The normalized spacial score (nSPS) is 14.5. The van der Waals surface area contributed by atoms with Crippen LogP contribution >= 0.6 is 0 Å². The number of carbonyl (C=O) groups is 2. The van der Waals surface area contributed by atoms with Crippen molar-refractivity contribution in [3.8, 4) is 11.3 Å². The molecule has 0 bridgehead atoms. The average Bonchev–Trinajstić information content (AvgIpc) is 3.15. The van der Waals surface area contributed by atoms with Gasteiger partial charge in [0.1, 0.15) is 5.82 Å². The van der Waals surface area contributed by atoms with Crippen LogP contribution in [0.3, 0.4) is 0 Å². The zero-order valence-electron chi connectivity index (χ0n) is 19.4. The third kappa shape index (κ3) is 5.41. The van der Waals surface area contributed by atoms with Crippen LogP contribution < -0.4 is 0 Å². The zero-order chi connectivity index (χ0) is 23.4. The fraction of sp³-hybridized carbons (Fsp3) is 0.357. The summed E-state index contributed by atoms with van der Waals surface area (Å²) in [5.74, 6) is 0.453. The van der Waals surface area contributed by atoms with Crippen LogP contribution in [0.5, 0.6) is 0 Å². The number of carbonyl (C=O) groups excluding carboxylic acids is 2. The lowest BCUT2D eigenvalue weighted by molar-refractivity contribution is -0.132. The Morgan fingerprint density at radius 2 is 1.67 bits per heavy atom. The number of nitrogens with zero attached hydrogens (tertiary/aromatic N) is 2. The number of amides is 1. The van der Waals surface area contributed by atoms with Crippen LogP contribution in [0.2, 0.25) is 0 Å². The first-order chi connectivity index (χ1) is 15.9. The molecule has 172 valence electrons. The number of aromatic nitrogens is 1. The Labute approximate surface area is 195 Å². The van der Waals surface area contributed by atoms with E-state index in [0.717, 1.165) is 49.3 Å². The van der Waals surface area contributed by atoms with E-state index in [-0.39, 0.29) is 17.5 Å². The minimum absolute atomic E-state index is 0.0126. The first-order valence-corrected chi connectivity index (χ1v) is 11.7. The molecule has 1 amide bonds. The maximum atomic E-state index is 13.4. The lowest BCUT2D eigenvalue weighted by Gasteiger charge is -2.32. The number of hydrogen-bond donors (Lipinski definition) is 0. The molecule has 0 saturated carbocycles. The molecule has 1 aliphatic heterocycles. The molecule has 0 spiro atoms. The van der Waals surface area contributed by atoms with Gasteiger partial charge in [0.15, 0.2) is 5.78 Å². The minimum Gasteiger partial charge on any atom is -0.344 e. The van der Waals surface area contributed by atoms with Crippen LogP contribution in [-0.2, 0) is 17.8 Å². The number of hydrogen-bond acceptors (Lipinski definition) is 2. The van der Waals surface area contributed by atoms with Crippen LogP contribution in [0.15, 0.2) is 60.7 Å². The number of rotatable bonds is 7. The third-order valence-corrected chi connectivity index (χ3v) is 6.77. The Bertz CT molecular complexity index is 1110. The second-order valence-electron chi connectivity index (χ2n) is 9.01. The first kappa shape index (κ1) is 23.0. The van der Waals surface area contributed by atoms with Crippen molar-refractivity contribution in [3.63, 3.8) is 0 Å². The monoisotopic (exact) mass is 446 g/mol. The number of likely N-dealkylation sites (tertiary alicyclic amines) is 1. The van der Waals surface area contributed by atoms with Gasteiger partial charge in [-0.15, -0.1) is 0 Å². The van der Waals surface area contributed by atoms with Gasteiger partial charge in [-0.1, -0.05) is 30.3 Å². The van der Waals surface area contributed by atoms with E-state index < -0.39 is 0 Å². The highest BCUT2D eigenvalue weighted by Crippen LogP contribution is 2.28. The number of Topliss-reactive ketones (excluding diaryl/α,β-unsaturated/α-hetero) is 1. The predicted octanol–water partition coefficient (Wildman–Crippen LogP) is 5.68. The summed E-state index contributed by atoms with van der Waals surface area (Å²) < 4.78 is 15.4. The van der Waals surface area contributed by atoms with Gasteiger partial charge in [0.05, 0.1) is 0 Å². The summed E-state index contributed by atoms with van der Waals surface area (Å²) in [6.07, 6.45) is 3.50. The van der Waals surface area contributed by atoms with Crippen molar-refractivity contribution in [1.29, 1.82) is 0 Å². The van der Waals surface area contributed by atoms with Gasteiger partial charge >= 0.3 is 0 Å². The highest BCUT2D eigenvalue weighted by atomic mass is 19.1. The lowest BCUT2D eigenvalue weighted by Crippen LogP contribution is -2.39. The molecule has 2 heterocycles. The molecule has 0 N–H and O–H groups in total. The Balaban J connectivity index is 1.40. The summed E-state index contributed by atoms with van der Waals surface area (Å²) >= 11 is 0. The molecule has 1 aliphatic rings. The van der Waals surface area contributed by atoms with Gasteiger partial charge in [0.2, 0.25) is 5.91 Å². The molecule has 0 unspecified atom stereocenters. The van der Waals surface area contributed by atoms with E-state index in [0.29, 0.717) is 24.4 Å². The largest absolute Gasteiger partial charge is 0.344 e. The van der Waals surface area contributed by atoms with E-state index in [9.17, 15) is 14.0 Å². The number of halogens is 1. The van der Waals surface area contributed by atoms with E-state index in [2.05, 4.69) is 24.3 Å². The standard InChI is InChI=1S/C28H31FN2O2/c1-20-26(21(2)32)19-27(24-8-10-25(29)11-9-24)31(20)17-14-28(33)30-15-12-23(13-16-30)18-22-6-4-3-5-7-22/h3-11,19,23H,12-18H2,1-2H3. The van der Waals surface area contributed by atoms with Crippen LogP contribution in [0.25, 0.3) is 11.3 Å². The van der Waals surface area contributed by atoms with Crippen molar-refractivity contribution < 1.29 is 14.0 Å². The molecule has 33 heavy (non-hydrogen) atoms. The summed E-state index contributed by atoms with van der Waals surface area (Å²) in [6, 6.07) is 18.6. The van der Waals surface area contributed by atoms with Gasteiger partial charge in [-0.3, -0.25) is 9.59 Å². The van der Waals surface area contributed by atoms with Crippen molar-refractivity contribution in [1.82, 2.24) is 9.47 Å². The topological polar surface area (TPSA) is 42.3 Å². The van der Waals surface area contributed by atoms with E-state index in [1.807, 2.05) is 28.5 Å². The summed E-state index contributed by atoms with van der Waals surface area (Å²) in [6.45, 7) is 5.54. The van der Waals surface area contributed by atoms with Crippen LogP contribution in [0, 0.1) is 18.7 Å². The summed E-state index contributed by atoms with van der Waals surface area (Å²) in [5.41, 5.74) is 4.52. The maximum absolute atomic E-state index is 13.4. The van der Waals surface area contributed by atoms with Crippen molar-refractivity contribution in [2.45, 2.75) is 46.1 Å². The molecule has 5 heteroatoms. The van der Waals surface area contributed by atoms with Crippen LogP contribution in [0.4, 0.5) is 4.39 Å². The number of piperidine rings is 1. The smallest absolute Gasteiger partial charge is 0.224 e. The average molecular weight is 447 g/mol. The van der Waals surface area contributed by atoms with Gasteiger partial charge in [-0.25, -0.2) is 4.39 Å². The lowest BCUT2D eigenvalue weighted by atomic mass is 9.90. The Kier molecular flexibility index (Phi) is 7.07. The molecule has 4 rings (SSSR count). The van der Waals surface area contributed by atoms with Crippen LogP contribution in [0.1, 0.15) is 47.8 Å². The van der Waals surface area contributed by atoms with Crippen molar-refractivity contribution >= 4 is 11.7 Å². The molecule has 0 atom stereocenters. The van der Waals surface area contributed by atoms with Crippen molar-refractivity contribution in [2.75, 3.05) is 13.1 Å². The van der Waals surface area contributed by atoms with E-state index in [1.165, 1.54) is 17.7 Å². The third-order valence-electron chi connectivity index (χ3n) is 6.77. The molecule has 4 nitrogen and oxygen atoms in total. The highest BCUT2D eigenvalue weighted by Gasteiger charge is 2.24. The minimum atomic E-state index is -0.300. The molecular formula is C28H31FN2O2. The second-order valence-corrected chi connectivity index (χ2v) is 9.01. The van der Waals surface area contributed by atoms with Gasteiger partial charge in [0.25, 0.3) is 0 Å². The molecule has 0 aliphatic carbocycles. The molecule has 1 fully saturated rings. The fourth-order valence-corrected chi connectivity index (χ4v) is 4.85. The van der Waals surface area contributed by atoms with Crippen molar-refractivity contribution in [2.24, 2.45) is 5.92 Å². The molecule has 1 saturated heterocycles. The van der Waals surface area contributed by atoms with E-state index in [1.54, 1.807) is 19.1 Å².